The van der Waals surface area contributed by atoms with E-state index in [4.69, 9.17) is 4.74 Å². The molecular formula is C17H21N5O2. The van der Waals surface area contributed by atoms with E-state index in [9.17, 15) is 4.79 Å². The Kier molecular flexibility index (Phi) is 4.35. The number of H-pyrrole nitrogens is 1. The number of ether oxygens (including phenoxy) is 1. The molecule has 0 fully saturated rings. The standard InChI is InChI=1S/C17H21N5O2/c1-11(12-5-7-13(24-4)8-6-12)21(2)10-15-19-16-14(17(23)20-15)9-18-22(16)3/h5-9,11H,10H2,1-4H3,(H,19,20,23)/t11-/m0/s1. The molecule has 3 aromatic rings. The molecule has 0 amide bonds. The molecule has 0 saturated carbocycles. The van der Waals surface area contributed by atoms with Gasteiger partial charge in [-0.2, -0.15) is 5.10 Å². The first-order chi connectivity index (χ1) is 11.5. The summed E-state index contributed by atoms with van der Waals surface area (Å²) in [5.74, 6) is 1.46. The zero-order valence-corrected chi connectivity index (χ0v) is 14.3. The maximum absolute atomic E-state index is 12.1. The van der Waals surface area contributed by atoms with E-state index < -0.39 is 0 Å². The summed E-state index contributed by atoms with van der Waals surface area (Å²) in [6.07, 6.45) is 1.54. The minimum Gasteiger partial charge on any atom is -0.497 e. The van der Waals surface area contributed by atoms with Crippen molar-refractivity contribution in [3.05, 3.63) is 52.2 Å². The molecule has 0 aliphatic rings. The Labute approximate surface area is 139 Å². The van der Waals surface area contributed by atoms with E-state index in [0.29, 0.717) is 23.4 Å². The zero-order chi connectivity index (χ0) is 17.3. The van der Waals surface area contributed by atoms with Gasteiger partial charge in [0.25, 0.3) is 5.56 Å². The third-order valence-electron chi connectivity index (χ3n) is 4.31. The van der Waals surface area contributed by atoms with E-state index in [-0.39, 0.29) is 11.6 Å². The van der Waals surface area contributed by atoms with Crippen LogP contribution in [0.5, 0.6) is 5.75 Å². The maximum atomic E-state index is 12.1. The molecule has 2 heterocycles. The van der Waals surface area contributed by atoms with Crippen molar-refractivity contribution in [3.8, 4) is 5.75 Å². The highest BCUT2D eigenvalue weighted by atomic mass is 16.5. The summed E-state index contributed by atoms with van der Waals surface area (Å²) < 4.78 is 6.80. The molecule has 7 nitrogen and oxygen atoms in total. The van der Waals surface area contributed by atoms with Crippen molar-refractivity contribution >= 4 is 11.0 Å². The van der Waals surface area contributed by atoms with Crippen LogP contribution in [0.4, 0.5) is 0 Å². The highest BCUT2D eigenvalue weighted by Gasteiger charge is 2.15. The number of benzene rings is 1. The smallest absolute Gasteiger partial charge is 0.262 e. The lowest BCUT2D eigenvalue weighted by molar-refractivity contribution is 0.246. The number of nitrogens with zero attached hydrogens (tertiary/aromatic N) is 4. The minimum atomic E-state index is -0.159. The largest absolute Gasteiger partial charge is 0.497 e. The topological polar surface area (TPSA) is 76.0 Å². The zero-order valence-electron chi connectivity index (χ0n) is 14.3. The van der Waals surface area contributed by atoms with Gasteiger partial charge in [-0.25, -0.2) is 4.98 Å². The average Bonchev–Trinajstić information content (AvgIpc) is 2.96. The number of rotatable bonds is 5. The number of aromatic nitrogens is 4. The molecule has 7 heteroatoms. The number of methoxy groups -OCH3 is 1. The highest BCUT2D eigenvalue weighted by Crippen LogP contribution is 2.22. The van der Waals surface area contributed by atoms with Crippen LogP contribution in [-0.4, -0.2) is 38.8 Å². The molecule has 1 N–H and O–H groups in total. The summed E-state index contributed by atoms with van der Waals surface area (Å²) >= 11 is 0. The van der Waals surface area contributed by atoms with Crippen LogP contribution in [0.1, 0.15) is 24.4 Å². The first kappa shape index (κ1) is 16.2. The lowest BCUT2D eigenvalue weighted by atomic mass is 10.1. The van der Waals surface area contributed by atoms with Crippen molar-refractivity contribution in [2.45, 2.75) is 19.5 Å². The predicted octanol–water partition coefficient (Wildman–Crippen LogP) is 1.86. The fraction of sp³-hybridized carbons (Fsp3) is 0.353. The van der Waals surface area contributed by atoms with E-state index in [1.807, 2.05) is 31.3 Å². The third-order valence-corrected chi connectivity index (χ3v) is 4.31. The van der Waals surface area contributed by atoms with Crippen molar-refractivity contribution in [1.82, 2.24) is 24.6 Å². The molecule has 1 atom stereocenters. The van der Waals surface area contributed by atoms with E-state index in [0.717, 1.165) is 5.75 Å². The Bertz CT molecular complexity index is 897. The van der Waals surface area contributed by atoms with Crippen LogP contribution in [-0.2, 0) is 13.6 Å². The molecule has 1 aromatic carbocycles. The number of nitrogens with one attached hydrogen (secondary N) is 1. The van der Waals surface area contributed by atoms with Gasteiger partial charge in [-0.1, -0.05) is 12.1 Å². The van der Waals surface area contributed by atoms with Crippen molar-refractivity contribution in [2.75, 3.05) is 14.2 Å². The van der Waals surface area contributed by atoms with Gasteiger partial charge < -0.3 is 9.72 Å². The molecule has 3 rings (SSSR count). The Hall–Kier alpha value is -2.67. The summed E-state index contributed by atoms with van der Waals surface area (Å²) in [5.41, 5.74) is 1.61. The van der Waals surface area contributed by atoms with Gasteiger partial charge in [-0.05, 0) is 31.7 Å². The van der Waals surface area contributed by atoms with Crippen LogP contribution in [0.3, 0.4) is 0 Å². The van der Waals surface area contributed by atoms with Crippen molar-refractivity contribution < 1.29 is 4.74 Å². The quantitative estimate of drug-likeness (QED) is 0.774. The van der Waals surface area contributed by atoms with E-state index in [2.05, 4.69) is 26.9 Å². The molecule has 0 saturated heterocycles. The number of hydrogen-bond donors (Lipinski definition) is 1. The average molecular weight is 327 g/mol. The van der Waals surface area contributed by atoms with Gasteiger partial charge >= 0.3 is 0 Å². The lowest BCUT2D eigenvalue weighted by Crippen LogP contribution is -2.25. The van der Waals surface area contributed by atoms with Gasteiger partial charge in [0.05, 0.1) is 19.9 Å². The Morgan fingerprint density at radius 3 is 2.71 bits per heavy atom. The van der Waals surface area contributed by atoms with Gasteiger partial charge in [0.15, 0.2) is 5.65 Å². The SMILES string of the molecule is COc1ccc([C@H](C)N(C)Cc2nc3c(cnn3C)c(=O)[nH]2)cc1. The Balaban J connectivity index is 1.81. The van der Waals surface area contributed by atoms with E-state index >= 15 is 0 Å². The number of fused-ring (bicyclic) bond motifs is 1. The van der Waals surface area contributed by atoms with E-state index in [1.54, 1.807) is 18.8 Å². The maximum Gasteiger partial charge on any atom is 0.262 e. The Morgan fingerprint density at radius 2 is 2.04 bits per heavy atom. The molecule has 126 valence electrons. The van der Waals surface area contributed by atoms with Crippen molar-refractivity contribution in [2.24, 2.45) is 7.05 Å². The summed E-state index contributed by atoms with van der Waals surface area (Å²) in [5, 5.41) is 4.59. The number of hydrogen-bond acceptors (Lipinski definition) is 5. The number of aryl methyl sites for hydroxylation is 1. The highest BCUT2D eigenvalue weighted by molar-refractivity contribution is 5.72. The second-order valence-electron chi connectivity index (χ2n) is 5.88. The summed E-state index contributed by atoms with van der Waals surface area (Å²) in [4.78, 5) is 21.6. The molecule has 24 heavy (non-hydrogen) atoms. The predicted molar refractivity (Wildman–Crippen MR) is 92.0 cm³/mol. The fourth-order valence-corrected chi connectivity index (χ4v) is 2.66. The lowest BCUT2D eigenvalue weighted by Gasteiger charge is -2.24. The molecular weight excluding hydrogens is 306 g/mol. The second-order valence-corrected chi connectivity index (χ2v) is 5.88. The molecule has 0 aliphatic heterocycles. The van der Waals surface area contributed by atoms with Crippen LogP contribution in [0.2, 0.25) is 0 Å². The van der Waals surface area contributed by atoms with E-state index in [1.165, 1.54) is 11.8 Å². The second kappa shape index (κ2) is 6.45. The van der Waals surface area contributed by atoms with Crippen LogP contribution >= 0.6 is 0 Å². The van der Waals surface area contributed by atoms with Crippen LogP contribution in [0.25, 0.3) is 11.0 Å². The molecule has 0 radical (unpaired) electrons. The van der Waals surface area contributed by atoms with Crippen LogP contribution in [0, 0.1) is 0 Å². The van der Waals surface area contributed by atoms with Gasteiger partial charge in [0.1, 0.15) is 17.0 Å². The minimum absolute atomic E-state index is 0.159. The summed E-state index contributed by atoms with van der Waals surface area (Å²) in [6.45, 7) is 2.64. The molecule has 0 unspecified atom stereocenters. The molecule has 2 aromatic heterocycles. The van der Waals surface area contributed by atoms with Crippen molar-refractivity contribution in [1.29, 1.82) is 0 Å². The normalized spacial score (nSPS) is 12.7. The molecule has 0 spiro atoms. The third kappa shape index (κ3) is 3.03. The van der Waals surface area contributed by atoms with Gasteiger partial charge in [0, 0.05) is 13.1 Å². The first-order valence-corrected chi connectivity index (χ1v) is 7.74. The Morgan fingerprint density at radius 1 is 1.33 bits per heavy atom. The van der Waals surface area contributed by atoms with Crippen molar-refractivity contribution in [3.63, 3.8) is 0 Å². The first-order valence-electron chi connectivity index (χ1n) is 7.74. The monoisotopic (exact) mass is 327 g/mol. The fourth-order valence-electron chi connectivity index (χ4n) is 2.66. The van der Waals surface area contributed by atoms with Gasteiger partial charge in [0.2, 0.25) is 0 Å². The van der Waals surface area contributed by atoms with Crippen LogP contribution in [0.15, 0.2) is 35.3 Å². The summed E-state index contributed by atoms with van der Waals surface area (Å²) in [6, 6.07) is 8.15. The summed E-state index contributed by atoms with van der Waals surface area (Å²) in [7, 11) is 5.44. The molecule has 0 aliphatic carbocycles. The van der Waals surface area contributed by atoms with Crippen LogP contribution < -0.4 is 10.3 Å². The van der Waals surface area contributed by atoms with Gasteiger partial charge in [-0.3, -0.25) is 14.4 Å². The van der Waals surface area contributed by atoms with Gasteiger partial charge in [-0.15, -0.1) is 0 Å². The molecule has 0 bridgehead atoms. The number of aromatic amines is 1.